The number of benzene rings is 2. The second-order valence-electron chi connectivity index (χ2n) is 4.60. The molecule has 3 rings (SSSR count). The number of fused-ring (bicyclic) bond motifs is 1. The van der Waals surface area contributed by atoms with Crippen LogP contribution in [0.3, 0.4) is 0 Å². The zero-order valence-electron chi connectivity index (χ0n) is 10.6. The molecule has 2 aromatic carbocycles. The highest BCUT2D eigenvalue weighted by atomic mass is 16.2. The van der Waals surface area contributed by atoms with Crippen molar-refractivity contribution >= 4 is 11.0 Å². The van der Waals surface area contributed by atoms with E-state index >= 15 is 0 Å². The quantitative estimate of drug-likeness (QED) is 0.610. The van der Waals surface area contributed by atoms with Crippen LogP contribution in [-0.4, -0.2) is 9.97 Å². The SMILES string of the molecule is NC(c1ccccc1)c1ccc2[nH]c(=O)c(=O)[nH]c2c1. The Bertz CT molecular complexity index is 865. The van der Waals surface area contributed by atoms with E-state index in [-0.39, 0.29) is 6.04 Å². The van der Waals surface area contributed by atoms with Crippen molar-refractivity contribution in [1.82, 2.24) is 9.97 Å². The zero-order chi connectivity index (χ0) is 14.1. The molecule has 0 spiro atoms. The van der Waals surface area contributed by atoms with E-state index in [2.05, 4.69) is 9.97 Å². The van der Waals surface area contributed by atoms with E-state index in [4.69, 9.17) is 5.73 Å². The summed E-state index contributed by atoms with van der Waals surface area (Å²) in [5, 5.41) is 0. The summed E-state index contributed by atoms with van der Waals surface area (Å²) < 4.78 is 0. The fourth-order valence-corrected chi connectivity index (χ4v) is 2.18. The standard InChI is InChI=1S/C15H13N3O2/c16-13(9-4-2-1-3-5-9)10-6-7-11-12(8-10)18-15(20)14(19)17-11/h1-8,13H,16H2,(H,17,19)(H,18,20). The van der Waals surface area contributed by atoms with Crippen LogP contribution in [0, 0.1) is 0 Å². The molecule has 4 N–H and O–H groups in total. The van der Waals surface area contributed by atoms with Gasteiger partial charge in [-0.15, -0.1) is 0 Å². The number of hydrogen-bond acceptors (Lipinski definition) is 3. The van der Waals surface area contributed by atoms with Gasteiger partial charge in [0.05, 0.1) is 17.1 Å². The number of nitrogens with two attached hydrogens (primary N) is 1. The number of H-pyrrole nitrogens is 2. The van der Waals surface area contributed by atoms with Crippen LogP contribution in [0.2, 0.25) is 0 Å². The van der Waals surface area contributed by atoms with E-state index in [9.17, 15) is 9.59 Å². The molecule has 0 aliphatic heterocycles. The van der Waals surface area contributed by atoms with Gasteiger partial charge in [0.15, 0.2) is 0 Å². The number of aromatic nitrogens is 2. The average Bonchev–Trinajstić information content (AvgIpc) is 2.48. The molecule has 100 valence electrons. The van der Waals surface area contributed by atoms with E-state index in [0.717, 1.165) is 11.1 Å². The summed E-state index contributed by atoms with van der Waals surface area (Å²) in [6.07, 6.45) is 0. The third kappa shape index (κ3) is 2.15. The first-order valence-electron chi connectivity index (χ1n) is 6.22. The molecule has 0 amide bonds. The predicted molar refractivity (Wildman–Crippen MR) is 77.7 cm³/mol. The molecule has 1 aromatic heterocycles. The molecule has 0 aliphatic carbocycles. The Balaban J connectivity index is 2.11. The van der Waals surface area contributed by atoms with Gasteiger partial charge >= 0.3 is 11.1 Å². The van der Waals surface area contributed by atoms with Gasteiger partial charge < -0.3 is 15.7 Å². The first-order chi connectivity index (χ1) is 9.65. The Kier molecular flexibility index (Phi) is 2.96. The second-order valence-corrected chi connectivity index (χ2v) is 4.60. The molecule has 0 saturated heterocycles. The third-order valence-corrected chi connectivity index (χ3v) is 3.26. The molecule has 1 unspecified atom stereocenters. The molecular formula is C15H13N3O2. The maximum Gasteiger partial charge on any atom is 0.314 e. The molecule has 20 heavy (non-hydrogen) atoms. The van der Waals surface area contributed by atoms with Gasteiger partial charge in [-0.05, 0) is 23.3 Å². The van der Waals surface area contributed by atoms with Crippen LogP contribution in [0.5, 0.6) is 0 Å². The molecule has 5 heteroatoms. The monoisotopic (exact) mass is 267 g/mol. The molecule has 0 bridgehead atoms. The smallest absolute Gasteiger partial charge is 0.314 e. The summed E-state index contributed by atoms with van der Waals surface area (Å²) in [6, 6.07) is 14.8. The van der Waals surface area contributed by atoms with E-state index in [1.54, 1.807) is 12.1 Å². The average molecular weight is 267 g/mol. The van der Waals surface area contributed by atoms with Crippen LogP contribution >= 0.6 is 0 Å². The maximum atomic E-state index is 11.4. The normalized spacial score (nSPS) is 12.4. The highest BCUT2D eigenvalue weighted by Crippen LogP contribution is 2.21. The number of aromatic amines is 2. The summed E-state index contributed by atoms with van der Waals surface area (Å²) in [6.45, 7) is 0. The highest BCUT2D eigenvalue weighted by Gasteiger charge is 2.09. The fourth-order valence-electron chi connectivity index (χ4n) is 2.18. The van der Waals surface area contributed by atoms with Gasteiger partial charge in [-0.3, -0.25) is 9.59 Å². The third-order valence-electron chi connectivity index (χ3n) is 3.26. The lowest BCUT2D eigenvalue weighted by Gasteiger charge is -2.13. The van der Waals surface area contributed by atoms with Gasteiger partial charge in [-0.2, -0.15) is 0 Å². The van der Waals surface area contributed by atoms with E-state index in [0.29, 0.717) is 11.0 Å². The first-order valence-corrected chi connectivity index (χ1v) is 6.22. The lowest BCUT2D eigenvalue weighted by Crippen LogP contribution is -2.29. The van der Waals surface area contributed by atoms with Gasteiger partial charge in [-0.25, -0.2) is 0 Å². The van der Waals surface area contributed by atoms with E-state index < -0.39 is 11.1 Å². The van der Waals surface area contributed by atoms with Crippen molar-refractivity contribution in [3.8, 4) is 0 Å². The molecule has 1 heterocycles. The van der Waals surface area contributed by atoms with Crippen molar-refractivity contribution in [1.29, 1.82) is 0 Å². The van der Waals surface area contributed by atoms with Crippen LogP contribution in [0.25, 0.3) is 11.0 Å². The Hall–Kier alpha value is -2.66. The molecule has 0 fully saturated rings. The van der Waals surface area contributed by atoms with Crippen LogP contribution in [0.4, 0.5) is 0 Å². The summed E-state index contributed by atoms with van der Waals surface area (Å²) in [5.74, 6) is 0. The Labute approximate surface area is 114 Å². The molecule has 3 aromatic rings. The summed E-state index contributed by atoms with van der Waals surface area (Å²) in [5.41, 5.74) is 7.89. The molecule has 0 aliphatic rings. The molecule has 0 radical (unpaired) electrons. The molecule has 1 atom stereocenters. The summed E-state index contributed by atoms with van der Waals surface area (Å²) in [7, 11) is 0. The topological polar surface area (TPSA) is 91.7 Å². The van der Waals surface area contributed by atoms with Crippen molar-refractivity contribution in [2.24, 2.45) is 5.73 Å². The lowest BCUT2D eigenvalue weighted by atomic mass is 9.99. The van der Waals surface area contributed by atoms with Gasteiger partial charge in [0.1, 0.15) is 0 Å². The molecule has 5 nitrogen and oxygen atoms in total. The Morgan fingerprint density at radius 3 is 2.15 bits per heavy atom. The van der Waals surface area contributed by atoms with Gasteiger partial charge in [0, 0.05) is 0 Å². The zero-order valence-corrected chi connectivity index (χ0v) is 10.6. The molecular weight excluding hydrogens is 254 g/mol. The molecule has 0 saturated carbocycles. The van der Waals surface area contributed by atoms with Crippen LogP contribution in [0.15, 0.2) is 58.1 Å². The van der Waals surface area contributed by atoms with Crippen molar-refractivity contribution in [2.45, 2.75) is 6.04 Å². The lowest BCUT2D eigenvalue weighted by molar-refractivity contribution is 0.872. The van der Waals surface area contributed by atoms with Crippen molar-refractivity contribution in [3.63, 3.8) is 0 Å². The first kappa shape index (κ1) is 12.4. The fraction of sp³-hybridized carbons (Fsp3) is 0.0667. The second kappa shape index (κ2) is 4.79. The Morgan fingerprint density at radius 2 is 1.45 bits per heavy atom. The minimum absolute atomic E-state index is 0.281. The minimum atomic E-state index is -0.664. The van der Waals surface area contributed by atoms with Gasteiger partial charge in [-0.1, -0.05) is 36.4 Å². The van der Waals surface area contributed by atoms with Crippen LogP contribution < -0.4 is 16.9 Å². The maximum absolute atomic E-state index is 11.4. The van der Waals surface area contributed by atoms with E-state index in [1.165, 1.54) is 0 Å². The Morgan fingerprint density at radius 1 is 0.800 bits per heavy atom. The number of nitrogens with one attached hydrogen (secondary N) is 2. The summed E-state index contributed by atoms with van der Waals surface area (Å²) >= 11 is 0. The van der Waals surface area contributed by atoms with Crippen LogP contribution in [0.1, 0.15) is 17.2 Å². The van der Waals surface area contributed by atoms with Gasteiger partial charge in [0.25, 0.3) is 0 Å². The van der Waals surface area contributed by atoms with Crippen molar-refractivity contribution < 1.29 is 0 Å². The van der Waals surface area contributed by atoms with Gasteiger partial charge in [0.2, 0.25) is 0 Å². The van der Waals surface area contributed by atoms with Crippen LogP contribution in [-0.2, 0) is 0 Å². The largest absolute Gasteiger partial charge is 0.320 e. The van der Waals surface area contributed by atoms with Crippen molar-refractivity contribution in [2.75, 3.05) is 0 Å². The van der Waals surface area contributed by atoms with E-state index in [1.807, 2.05) is 36.4 Å². The minimum Gasteiger partial charge on any atom is -0.320 e. The summed E-state index contributed by atoms with van der Waals surface area (Å²) in [4.78, 5) is 27.7. The highest BCUT2D eigenvalue weighted by molar-refractivity contribution is 5.74. The number of rotatable bonds is 2. The van der Waals surface area contributed by atoms with Crippen molar-refractivity contribution in [3.05, 3.63) is 80.4 Å². The predicted octanol–water partition coefficient (Wildman–Crippen LogP) is 1.26. The number of hydrogen-bond donors (Lipinski definition) is 3.